The van der Waals surface area contributed by atoms with Gasteiger partial charge in [0.1, 0.15) is 12.3 Å². The van der Waals surface area contributed by atoms with Gasteiger partial charge >= 0.3 is 6.18 Å². The SMILES string of the molecule is O=C(c1cccc(C(F)(F)F)c1)N1CCC(Oc2cnsn2)C1. The maximum atomic E-state index is 12.7. The Labute approximate surface area is 134 Å². The number of nitrogens with zero attached hydrogens (tertiary/aromatic N) is 3. The molecule has 1 unspecified atom stereocenters. The average Bonchev–Trinajstić information content (AvgIpc) is 3.18. The van der Waals surface area contributed by atoms with Crippen molar-refractivity contribution in [2.75, 3.05) is 13.1 Å². The minimum absolute atomic E-state index is 0.0239. The predicted octanol–water partition coefficient (Wildman–Crippen LogP) is 2.85. The highest BCUT2D eigenvalue weighted by Crippen LogP contribution is 2.30. The first-order valence-electron chi connectivity index (χ1n) is 6.84. The van der Waals surface area contributed by atoms with Crippen LogP contribution in [0.4, 0.5) is 13.2 Å². The van der Waals surface area contributed by atoms with Crippen LogP contribution in [-0.2, 0) is 6.18 Å². The van der Waals surface area contributed by atoms with E-state index in [-0.39, 0.29) is 11.7 Å². The summed E-state index contributed by atoms with van der Waals surface area (Å²) >= 11 is 1.02. The summed E-state index contributed by atoms with van der Waals surface area (Å²) < 4.78 is 51.5. The van der Waals surface area contributed by atoms with E-state index in [1.54, 1.807) is 0 Å². The molecule has 9 heteroatoms. The van der Waals surface area contributed by atoms with Crippen molar-refractivity contribution in [3.05, 3.63) is 41.6 Å². The fourth-order valence-electron chi connectivity index (χ4n) is 2.40. The summed E-state index contributed by atoms with van der Waals surface area (Å²) in [6.45, 7) is 0.740. The van der Waals surface area contributed by atoms with Crippen LogP contribution in [0.1, 0.15) is 22.3 Å². The molecule has 0 aliphatic carbocycles. The van der Waals surface area contributed by atoms with Crippen molar-refractivity contribution in [2.45, 2.75) is 18.7 Å². The van der Waals surface area contributed by atoms with Crippen LogP contribution in [0.2, 0.25) is 0 Å². The summed E-state index contributed by atoms with van der Waals surface area (Å²) in [7, 11) is 0. The van der Waals surface area contributed by atoms with Crippen LogP contribution in [-0.4, -0.2) is 38.7 Å². The van der Waals surface area contributed by atoms with Crippen LogP contribution in [0.5, 0.6) is 5.88 Å². The van der Waals surface area contributed by atoms with Gasteiger partial charge in [0, 0.05) is 18.5 Å². The van der Waals surface area contributed by atoms with E-state index in [2.05, 4.69) is 8.75 Å². The van der Waals surface area contributed by atoms with E-state index in [1.807, 2.05) is 0 Å². The van der Waals surface area contributed by atoms with Gasteiger partial charge in [-0.3, -0.25) is 4.79 Å². The van der Waals surface area contributed by atoms with Crippen molar-refractivity contribution in [1.82, 2.24) is 13.6 Å². The van der Waals surface area contributed by atoms with Crippen molar-refractivity contribution in [2.24, 2.45) is 0 Å². The maximum Gasteiger partial charge on any atom is 0.416 e. The highest BCUT2D eigenvalue weighted by Gasteiger charge is 2.33. The molecule has 0 N–H and O–H groups in total. The number of halogens is 3. The van der Waals surface area contributed by atoms with Gasteiger partial charge in [0.2, 0.25) is 5.88 Å². The number of aromatic nitrogens is 2. The van der Waals surface area contributed by atoms with E-state index >= 15 is 0 Å². The molecule has 5 nitrogen and oxygen atoms in total. The van der Waals surface area contributed by atoms with Crippen LogP contribution in [0.25, 0.3) is 0 Å². The number of rotatable bonds is 3. The molecule has 1 aliphatic heterocycles. The zero-order valence-electron chi connectivity index (χ0n) is 11.8. The fraction of sp³-hybridized carbons (Fsp3) is 0.357. The zero-order valence-corrected chi connectivity index (χ0v) is 12.6. The first-order valence-corrected chi connectivity index (χ1v) is 7.57. The van der Waals surface area contributed by atoms with Gasteiger partial charge in [0.15, 0.2) is 0 Å². The van der Waals surface area contributed by atoms with E-state index < -0.39 is 17.6 Å². The molecule has 0 spiro atoms. The predicted molar refractivity (Wildman–Crippen MR) is 76.3 cm³/mol. The molecule has 2 aromatic rings. The molecule has 1 aromatic heterocycles. The molecule has 0 saturated carbocycles. The summed E-state index contributed by atoms with van der Waals surface area (Å²) in [6.07, 6.45) is -2.61. The molecule has 1 aliphatic rings. The Hall–Kier alpha value is -2.16. The van der Waals surface area contributed by atoms with Gasteiger partial charge in [-0.1, -0.05) is 6.07 Å². The third kappa shape index (κ3) is 3.61. The van der Waals surface area contributed by atoms with Gasteiger partial charge in [-0.2, -0.15) is 17.5 Å². The van der Waals surface area contributed by atoms with Gasteiger partial charge in [-0.05, 0) is 18.2 Å². The molecule has 0 bridgehead atoms. The molecule has 0 radical (unpaired) electrons. The minimum Gasteiger partial charge on any atom is -0.471 e. The Kier molecular flexibility index (Phi) is 4.20. The lowest BCUT2D eigenvalue weighted by Crippen LogP contribution is -2.31. The van der Waals surface area contributed by atoms with Crippen LogP contribution >= 0.6 is 11.7 Å². The third-order valence-corrected chi connectivity index (χ3v) is 3.96. The Morgan fingerprint density at radius 2 is 2.22 bits per heavy atom. The number of likely N-dealkylation sites (tertiary alicyclic amines) is 1. The zero-order chi connectivity index (χ0) is 16.4. The molecular weight excluding hydrogens is 331 g/mol. The number of alkyl halides is 3. The van der Waals surface area contributed by atoms with E-state index in [9.17, 15) is 18.0 Å². The van der Waals surface area contributed by atoms with Crippen molar-refractivity contribution in [3.8, 4) is 5.88 Å². The van der Waals surface area contributed by atoms with Gasteiger partial charge < -0.3 is 9.64 Å². The number of carbonyl (C=O) groups is 1. The first-order chi connectivity index (χ1) is 10.9. The molecule has 1 atom stereocenters. The lowest BCUT2D eigenvalue weighted by Gasteiger charge is -2.17. The monoisotopic (exact) mass is 343 g/mol. The van der Waals surface area contributed by atoms with Gasteiger partial charge in [0.05, 0.1) is 23.8 Å². The van der Waals surface area contributed by atoms with Crippen molar-refractivity contribution < 1.29 is 22.7 Å². The van der Waals surface area contributed by atoms with Gasteiger partial charge in [-0.15, -0.1) is 4.37 Å². The normalized spacial score (nSPS) is 18.2. The number of amides is 1. The molecular formula is C14H12F3N3O2S. The number of ether oxygens (including phenoxy) is 1. The molecule has 1 saturated heterocycles. The van der Waals surface area contributed by atoms with Crippen LogP contribution in [0, 0.1) is 0 Å². The van der Waals surface area contributed by atoms with Crippen molar-refractivity contribution >= 4 is 17.6 Å². The largest absolute Gasteiger partial charge is 0.471 e. The third-order valence-electron chi connectivity index (χ3n) is 3.50. The highest BCUT2D eigenvalue weighted by atomic mass is 32.1. The number of hydrogen-bond acceptors (Lipinski definition) is 5. The molecule has 1 fully saturated rings. The lowest BCUT2D eigenvalue weighted by atomic mass is 10.1. The molecule has 23 heavy (non-hydrogen) atoms. The minimum atomic E-state index is -4.47. The van der Waals surface area contributed by atoms with Crippen molar-refractivity contribution in [1.29, 1.82) is 0 Å². The van der Waals surface area contributed by atoms with Crippen LogP contribution in [0.15, 0.2) is 30.5 Å². The van der Waals surface area contributed by atoms with E-state index in [0.717, 1.165) is 23.9 Å². The molecule has 3 rings (SSSR count). The fourth-order valence-corrected chi connectivity index (χ4v) is 2.75. The second kappa shape index (κ2) is 6.15. The molecule has 1 aromatic carbocycles. The highest BCUT2D eigenvalue weighted by molar-refractivity contribution is 6.99. The maximum absolute atomic E-state index is 12.7. The quantitative estimate of drug-likeness (QED) is 0.860. The number of benzene rings is 1. The van der Waals surface area contributed by atoms with Crippen molar-refractivity contribution in [3.63, 3.8) is 0 Å². The second-order valence-electron chi connectivity index (χ2n) is 5.10. The van der Waals surface area contributed by atoms with Gasteiger partial charge in [0.25, 0.3) is 5.91 Å². The Balaban J connectivity index is 1.67. The Bertz CT molecular complexity index is 691. The summed E-state index contributed by atoms with van der Waals surface area (Å²) in [4.78, 5) is 13.8. The topological polar surface area (TPSA) is 55.3 Å². The smallest absolute Gasteiger partial charge is 0.416 e. The number of carbonyl (C=O) groups excluding carboxylic acids is 1. The summed E-state index contributed by atoms with van der Waals surface area (Å²) in [5.74, 6) is -0.0352. The van der Waals surface area contributed by atoms with E-state index in [4.69, 9.17) is 4.74 Å². The Morgan fingerprint density at radius 3 is 2.91 bits per heavy atom. The molecule has 122 valence electrons. The van der Waals surface area contributed by atoms with Crippen LogP contribution < -0.4 is 4.74 Å². The average molecular weight is 343 g/mol. The van der Waals surface area contributed by atoms with Crippen LogP contribution in [0.3, 0.4) is 0 Å². The Morgan fingerprint density at radius 1 is 1.39 bits per heavy atom. The van der Waals surface area contributed by atoms with E-state index in [1.165, 1.54) is 23.2 Å². The molecule has 2 heterocycles. The summed E-state index contributed by atoms with van der Waals surface area (Å²) in [5.41, 5.74) is -0.806. The van der Waals surface area contributed by atoms with Gasteiger partial charge in [-0.25, -0.2) is 0 Å². The number of hydrogen-bond donors (Lipinski definition) is 0. The second-order valence-corrected chi connectivity index (χ2v) is 5.66. The van der Waals surface area contributed by atoms with E-state index in [0.29, 0.717) is 25.4 Å². The first kappa shape index (κ1) is 15.7. The lowest BCUT2D eigenvalue weighted by molar-refractivity contribution is -0.137. The molecule has 1 amide bonds. The standard InChI is InChI=1S/C14H12F3N3O2S/c15-14(16,17)10-3-1-2-9(6-10)13(21)20-5-4-11(8-20)22-12-7-18-23-19-12/h1-3,6-7,11H,4-5,8H2. The summed E-state index contributed by atoms with van der Waals surface area (Å²) in [6, 6.07) is 4.44. The summed E-state index contributed by atoms with van der Waals surface area (Å²) in [5, 5.41) is 0.